The number of anilines is 2. The summed E-state index contributed by atoms with van der Waals surface area (Å²) in [6.07, 6.45) is 2.27. The van der Waals surface area contributed by atoms with Crippen LogP contribution >= 0.6 is 0 Å². The summed E-state index contributed by atoms with van der Waals surface area (Å²) in [7, 11) is 0. The molecule has 0 saturated heterocycles. The minimum Gasteiger partial charge on any atom is -0.368 e. The quantitative estimate of drug-likeness (QED) is 0.905. The fraction of sp³-hybridized carbons (Fsp3) is 0.438. The van der Waals surface area contributed by atoms with Gasteiger partial charge < -0.3 is 11.1 Å². The van der Waals surface area contributed by atoms with E-state index in [1.165, 1.54) is 11.1 Å². The second kappa shape index (κ2) is 6.25. The van der Waals surface area contributed by atoms with Crippen LogP contribution in [0, 0.1) is 0 Å². The number of hydrogen-bond donors (Lipinski definition) is 2. The fourth-order valence-corrected chi connectivity index (χ4v) is 2.86. The van der Waals surface area contributed by atoms with Crippen LogP contribution in [0.15, 0.2) is 24.3 Å². The summed E-state index contributed by atoms with van der Waals surface area (Å²) in [6, 6.07) is 8.46. The third-order valence-electron chi connectivity index (χ3n) is 3.98. The predicted octanol–water partition coefficient (Wildman–Crippen LogP) is 3.36. The molecular formula is C16H20FN5. The topological polar surface area (TPSA) is 76.7 Å². The Labute approximate surface area is 129 Å². The SMILES string of the molecule is CCC(F)c1nc(N)nc(NC2CCCc3ccccc32)n1. The first-order chi connectivity index (χ1) is 10.7. The smallest absolute Gasteiger partial charge is 0.228 e. The molecule has 22 heavy (non-hydrogen) atoms. The Bertz CT molecular complexity index is 661. The standard InChI is InChI=1S/C16H20FN5/c1-2-12(17)14-20-15(18)22-16(21-14)19-13-9-5-7-10-6-3-4-8-11(10)13/h3-4,6,8,12-13H,2,5,7,9H2,1H3,(H3,18,19,20,21,22). The van der Waals surface area contributed by atoms with Gasteiger partial charge in [-0.25, -0.2) is 4.39 Å². The molecule has 3 rings (SSSR count). The Morgan fingerprint density at radius 3 is 2.95 bits per heavy atom. The van der Waals surface area contributed by atoms with Crippen LogP contribution in [0.1, 0.15) is 55.4 Å². The Balaban J connectivity index is 1.86. The van der Waals surface area contributed by atoms with Gasteiger partial charge >= 0.3 is 0 Å². The maximum atomic E-state index is 13.8. The van der Waals surface area contributed by atoms with Gasteiger partial charge in [0.2, 0.25) is 11.9 Å². The fourth-order valence-electron chi connectivity index (χ4n) is 2.86. The van der Waals surface area contributed by atoms with Crippen LogP contribution in [0.25, 0.3) is 0 Å². The molecule has 6 heteroatoms. The van der Waals surface area contributed by atoms with E-state index in [2.05, 4.69) is 38.5 Å². The average molecular weight is 301 g/mol. The number of nitrogens with zero attached hydrogens (tertiary/aromatic N) is 3. The molecule has 116 valence electrons. The molecule has 0 aliphatic heterocycles. The van der Waals surface area contributed by atoms with Gasteiger partial charge in [-0.1, -0.05) is 31.2 Å². The summed E-state index contributed by atoms with van der Waals surface area (Å²) in [5.74, 6) is 0.495. The van der Waals surface area contributed by atoms with Crippen molar-refractivity contribution >= 4 is 11.9 Å². The van der Waals surface area contributed by atoms with Gasteiger partial charge in [-0.15, -0.1) is 0 Å². The number of halogens is 1. The summed E-state index contributed by atoms with van der Waals surface area (Å²) in [6.45, 7) is 1.75. The summed E-state index contributed by atoms with van der Waals surface area (Å²) in [4.78, 5) is 12.2. The van der Waals surface area contributed by atoms with Crippen LogP contribution in [0.3, 0.4) is 0 Å². The van der Waals surface area contributed by atoms with Gasteiger partial charge in [-0.3, -0.25) is 0 Å². The van der Waals surface area contributed by atoms with Gasteiger partial charge in [0, 0.05) is 0 Å². The average Bonchev–Trinajstić information content (AvgIpc) is 2.54. The molecule has 0 spiro atoms. The molecule has 1 aliphatic rings. The molecular weight excluding hydrogens is 281 g/mol. The second-order valence-corrected chi connectivity index (χ2v) is 5.54. The molecule has 2 unspecified atom stereocenters. The van der Waals surface area contributed by atoms with Crippen molar-refractivity contribution in [3.05, 3.63) is 41.2 Å². The highest BCUT2D eigenvalue weighted by molar-refractivity contribution is 5.40. The molecule has 3 N–H and O–H groups in total. The van der Waals surface area contributed by atoms with E-state index in [0.717, 1.165) is 19.3 Å². The Morgan fingerprint density at radius 1 is 1.32 bits per heavy atom. The Hall–Kier alpha value is -2.24. The zero-order chi connectivity index (χ0) is 15.5. The second-order valence-electron chi connectivity index (χ2n) is 5.54. The van der Waals surface area contributed by atoms with Gasteiger partial charge in [0.15, 0.2) is 12.0 Å². The molecule has 0 fully saturated rings. The number of nitrogens with two attached hydrogens (primary N) is 1. The molecule has 0 amide bonds. The van der Waals surface area contributed by atoms with Gasteiger partial charge in [0.05, 0.1) is 6.04 Å². The Morgan fingerprint density at radius 2 is 2.14 bits per heavy atom. The monoisotopic (exact) mass is 301 g/mol. The minimum atomic E-state index is -1.22. The number of aryl methyl sites for hydroxylation is 1. The van der Waals surface area contributed by atoms with Crippen molar-refractivity contribution in [3.63, 3.8) is 0 Å². The lowest BCUT2D eigenvalue weighted by Crippen LogP contribution is -2.20. The highest BCUT2D eigenvalue weighted by atomic mass is 19.1. The zero-order valence-corrected chi connectivity index (χ0v) is 12.6. The van der Waals surface area contributed by atoms with Crippen molar-refractivity contribution in [2.75, 3.05) is 11.1 Å². The van der Waals surface area contributed by atoms with Crippen molar-refractivity contribution in [3.8, 4) is 0 Å². The van der Waals surface area contributed by atoms with E-state index in [4.69, 9.17) is 5.73 Å². The van der Waals surface area contributed by atoms with E-state index in [9.17, 15) is 4.39 Å². The third-order valence-corrected chi connectivity index (χ3v) is 3.98. The number of benzene rings is 1. The maximum absolute atomic E-state index is 13.8. The van der Waals surface area contributed by atoms with Crippen molar-refractivity contribution < 1.29 is 4.39 Å². The number of fused-ring (bicyclic) bond motifs is 1. The number of aromatic nitrogens is 3. The van der Waals surface area contributed by atoms with E-state index >= 15 is 0 Å². The summed E-state index contributed by atoms with van der Waals surface area (Å²) >= 11 is 0. The molecule has 1 aromatic carbocycles. The van der Waals surface area contributed by atoms with E-state index in [0.29, 0.717) is 12.4 Å². The third kappa shape index (κ3) is 3.00. The van der Waals surface area contributed by atoms with Gasteiger partial charge in [0.1, 0.15) is 0 Å². The molecule has 0 radical (unpaired) electrons. The van der Waals surface area contributed by atoms with Crippen LogP contribution in [-0.2, 0) is 6.42 Å². The minimum absolute atomic E-state index is 0.0488. The summed E-state index contributed by atoms with van der Waals surface area (Å²) in [5, 5.41) is 3.29. The highest BCUT2D eigenvalue weighted by Crippen LogP contribution is 2.32. The zero-order valence-electron chi connectivity index (χ0n) is 12.6. The predicted molar refractivity (Wildman–Crippen MR) is 84.1 cm³/mol. The van der Waals surface area contributed by atoms with Crippen LogP contribution in [0.2, 0.25) is 0 Å². The first-order valence-electron chi connectivity index (χ1n) is 7.67. The molecule has 1 aromatic heterocycles. The van der Waals surface area contributed by atoms with Gasteiger partial charge in [0.25, 0.3) is 0 Å². The lowest BCUT2D eigenvalue weighted by Gasteiger charge is -2.26. The Kier molecular flexibility index (Phi) is 4.18. The van der Waals surface area contributed by atoms with Crippen molar-refractivity contribution in [2.24, 2.45) is 0 Å². The number of nitrogens with one attached hydrogen (secondary N) is 1. The van der Waals surface area contributed by atoms with E-state index in [1.807, 2.05) is 6.07 Å². The normalized spacial score (nSPS) is 18.5. The molecule has 1 heterocycles. The molecule has 2 atom stereocenters. The summed E-state index contributed by atoms with van der Waals surface area (Å²) in [5.41, 5.74) is 8.27. The van der Waals surface area contributed by atoms with Gasteiger partial charge in [-0.05, 0) is 36.8 Å². The maximum Gasteiger partial charge on any atom is 0.228 e. The highest BCUT2D eigenvalue weighted by Gasteiger charge is 2.21. The van der Waals surface area contributed by atoms with Gasteiger partial charge in [-0.2, -0.15) is 15.0 Å². The van der Waals surface area contributed by atoms with E-state index < -0.39 is 6.17 Å². The molecule has 0 bridgehead atoms. The summed E-state index contributed by atoms with van der Waals surface area (Å²) < 4.78 is 13.8. The first kappa shape index (κ1) is 14.7. The number of alkyl halides is 1. The lowest BCUT2D eigenvalue weighted by atomic mass is 9.88. The van der Waals surface area contributed by atoms with Crippen LogP contribution in [0.5, 0.6) is 0 Å². The molecule has 1 aliphatic carbocycles. The lowest BCUT2D eigenvalue weighted by molar-refractivity contribution is 0.318. The number of rotatable bonds is 4. The largest absolute Gasteiger partial charge is 0.368 e. The van der Waals surface area contributed by atoms with Crippen molar-refractivity contribution in [2.45, 2.75) is 44.8 Å². The van der Waals surface area contributed by atoms with E-state index in [1.54, 1.807) is 6.92 Å². The van der Waals surface area contributed by atoms with Crippen molar-refractivity contribution in [1.29, 1.82) is 0 Å². The first-order valence-corrected chi connectivity index (χ1v) is 7.67. The molecule has 2 aromatic rings. The van der Waals surface area contributed by atoms with Crippen LogP contribution in [-0.4, -0.2) is 15.0 Å². The van der Waals surface area contributed by atoms with Crippen LogP contribution < -0.4 is 11.1 Å². The number of hydrogen-bond acceptors (Lipinski definition) is 5. The van der Waals surface area contributed by atoms with Crippen molar-refractivity contribution in [1.82, 2.24) is 15.0 Å². The molecule has 0 saturated carbocycles. The van der Waals surface area contributed by atoms with Crippen LogP contribution in [0.4, 0.5) is 16.3 Å². The number of nitrogen functional groups attached to an aromatic ring is 1. The van der Waals surface area contributed by atoms with E-state index in [-0.39, 0.29) is 17.8 Å². The molecule has 5 nitrogen and oxygen atoms in total.